The average Bonchev–Trinajstić information content (AvgIpc) is 1.93. The van der Waals surface area contributed by atoms with E-state index in [2.05, 4.69) is 66.8 Å². The van der Waals surface area contributed by atoms with Gasteiger partial charge in [0.05, 0.1) is 0 Å². The van der Waals surface area contributed by atoms with E-state index in [4.69, 9.17) is 0 Å². The minimum Gasteiger partial charge on any atom is -0.0620 e. The van der Waals surface area contributed by atoms with Gasteiger partial charge in [0.2, 0.25) is 0 Å². The number of hydrogen-bond acceptors (Lipinski definition) is 0. The van der Waals surface area contributed by atoms with Crippen LogP contribution in [0.25, 0.3) is 6.08 Å². The Hall–Kier alpha value is -0.310. The number of benzene rings is 1. The molecular formula is C10H11I. The molecule has 0 heterocycles. The zero-order valence-electron chi connectivity index (χ0n) is 6.76. The summed E-state index contributed by atoms with van der Waals surface area (Å²) >= 11 is 2.32. The molecule has 0 unspecified atom stereocenters. The summed E-state index contributed by atoms with van der Waals surface area (Å²) in [6.45, 7) is 4.23. The molecule has 0 fully saturated rings. The van der Waals surface area contributed by atoms with E-state index in [1.807, 2.05) is 0 Å². The lowest BCUT2D eigenvalue weighted by Crippen LogP contribution is -1.77. The Morgan fingerprint density at radius 3 is 2.55 bits per heavy atom. The fourth-order valence-electron chi connectivity index (χ4n) is 0.963. The zero-order chi connectivity index (χ0) is 8.27. The Kier molecular flexibility index (Phi) is 3.12. The maximum atomic E-state index is 2.32. The van der Waals surface area contributed by atoms with Crippen molar-refractivity contribution in [1.29, 1.82) is 0 Å². The smallest absolute Gasteiger partial charge is 0.0119 e. The van der Waals surface area contributed by atoms with E-state index < -0.39 is 0 Å². The normalized spacial score (nSPS) is 11.7. The summed E-state index contributed by atoms with van der Waals surface area (Å²) in [5.74, 6) is 0. The van der Waals surface area contributed by atoms with Crippen molar-refractivity contribution in [3.63, 3.8) is 0 Å². The molecule has 0 bridgehead atoms. The lowest BCUT2D eigenvalue weighted by Gasteiger charge is -1.98. The summed E-state index contributed by atoms with van der Waals surface area (Å²) in [5, 5.41) is 0. The van der Waals surface area contributed by atoms with Crippen molar-refractivity contribution < 1.29 is 0 Å². The van der Waals surface area contributed by atoms with Crippen LogP contribution in [0.1, 0.15) is 18.1 Å². The molecule has 0 aliphatic heterocycles. The lowest BCUT2D eigenvalue weighted by molar-refractivity contribution is 1.44. The van der Waals surface area contributed by atoms with Crippen molar-refractivity contribution in [3.8, 4) is 0 Å². The fourth-order valence-corrected chi connectivity index (χ4v) is 1.30. The van der Waals surface area contributed by atoms with Crippen LogP contribution in [0.15, 0.2) is 27.8 Å². The van der Waals surface area contributed by atoms with Gasteiger partial charge in [-0.2, -0.15) is 0 Å². The summed E-state index contributed by atoms with van der Waals surface area (Å²) < 4.78 is 1.32. The third kappa shape index (κ3) is 2.66. The summed E-state index contributed by atoms with van der Waals surface area (Å²) in [6, 6.07) is 8.40. The number of hydrogen-bond donors (Lipinski definition) is 0. The van der Waals surface area contributed by atoms with Crippen LogP contribution in [0.2, 0.25) is 0 Å². The SMILES string of the molecule is C/C(I)=C/c1ccccc1C. The first-order valence-electron chi connectivity index (χ1n) is 3.59. The highest BCUT2D eigenvalue weighted by Gasteiger charge is 1.90. The topological polar surface area (TPSA) is 0 Å². The van der Waals surface area contributed by atoms with Crippen molar-refractivity contribution in [2.45, 2.75) is 13.8 Å². The van der Waals surface area contributed by atoms with Gasteiger partial charge in [-0.3, -0.25) is 0 Å². The molecule has 0 N–H and O–H groups in total. The Morgan fingerprint density at radius 1 is 1.36 bits per heavy atom. The Bertz CT molecular complexity index is 270. The molecule has 58 valence electrons. The van der Waals surface area contributed by atoms with E-state index in [-0.39, 0.29) is 0 Å². The molecule has 0 spiro atoms. The van der Waals surface area contributed by atoms with Gasteiger partial charge in [-0.1, -0.05) is 24.3 Å². The van der Waals surface area contributed by atoms with Gasteiger partial charge in [0, 0.05) is 0 Å². The van der Waals surface area contributed by atoms with Crippen molar-refractivity contribution in [2.75, 3.05) is 0 Å². The van der Waals surface area contributed by atoms with Crippen LogP contribution in [0.3, 0.4) is 0 Å². The zero-order valence-corrected chi connectivity index (χ0v) is 8.92. The number of allylic oxidation sites excluding steroid dienone is 1. The molecule has 0 aromatic heterocycles. The second-order valence-electron chi connectivity index (χ2n) is 2.59. The number of rotatable bonds is 1. The quantitative estimate of drug-likeness (QED) is 0.672. The summed E-state index contributed by atoms with van der Waals surface area (Å²) in [7, 11) is 0. The van der Waals surface area contributed by atoms with Crippen LogP contribution in [-0.4, -0.2) is 0 Å². The van der Waals surface area contributed by atoms with Gasteiger partial charge in [0.1, 0.15) is 0 Å². The van der Waals surface area contributed by atoms with Crippen molar-refractivity contribution in [3.05, 3.63) is 39.0 Å². The van der Waals surface area contributed by atoms with Gasteiger partial charge >= 0.3 is 0 Å². The van der Waals surface area contributed by atoms with Gasteiger partial charge in [0.25, 0.3) is 0 Å². The molecule has 0 aliphatic rings. The van der Waals surface area contributed by atoms with Crippen molar-refractivity contribution >= 4 is 28.7 Å². The second kappa shape index (κ2) is 3.90. The molecular weight excluding hydrogens is 247 g/mol. The Balaban J connectivity index is 3.04. The summed E-state index contributed by atoms with van der Waals surface area (Å²) in [4.78, 5) is 0. The Labute approximate surface area is 81.5 Å². The standard InChI is InChI=1S/C10H11I/c1-8-5-3-4-6-10(8)7-9(2)11/h3-7H,1-2H3/b9-7-. The van der Waals surface area contributed by atoms with Crippen LogP contribution in [0.5, 0.6) is 0 Å². The van der Waals surface area contributed by atoms with Gasteiger partial charge in [-0.05, 0) is 57.2 Å². The predicted molar refractivity (Wildman–Crippen MR) is 58.9 cm³/mol. The monoisotopic (exact) mass is 258 g/mol. The maximum Gasteiger partial charge on any atom is -0.0119 e. The molecule has 11 heavy (non-hydrogen) atoms. The molecule has 0 nitrogen and oxygen atoms in total. The third-order valence-electron chi connectivity index (χ3n) is 1.54. The number of aryl methyl sites for hydroxylation is 1. The molecule has 0 saturated heterocycles. The molecule has 0 aliphatic carbocycles. The average molecular weight is 258 g/mol. The summed E-state index contributed by atoms with van der Waals surface area (Å²) in [5.41, 5.74) is 2.66. The van der Waals surface area contributed by atoms with Crippen molar-refractivity contribution in [2.24, 2.45) is 0 Å². The second-order valence-corrected chi connectivity index (χ2v) is 4.29. The van der Waals surface area contributed by atoms with Crippen LogP contribution < -0.4 is 0 Å². The van der Waals surface area contributed by atoms with Crippen molar-refractivity contribution in [1.82, 2.24) is 0 Å². The van der Waals surface area contributed by atoms with E-state index in [1.54, 1.807) is 0 Å². The van der Waals surface area contributed by atoms with Crippen LogP contribution in [0.4, 0.5) is 0 Å². The molecule has 0 radical (unpaired) electrons. The van der Waals surface area contributed by atoms with E-state index >= 15 is 0 Å². The predicted octanol–water partition coefficient (Wildman–Crippen LogP) is 3.79. The van der Waals surface area contributed by atoms with E-state index in [0.29, 0.717) is 0 Å². The van der Waals surface area contributed by atoms with E-state index in [9.17, 15) is 0 Å². The highest BCUT2D eigenvalue weighted by atomic mass is 127. The number of halogens is 1. The highest BCUT2D eigenvalue weighted by molar-refractivity contribution is 14.1. The molecule has 0 amide bonds. The van der Waals surface area contributed by atoms with Gasteiger partial charge in [0.15, 0.2) is 0 Å². The first-order chi connectivity index (χ1) is 5.20. The van der Waals surface area contributed by atoms with Crippen LogP contribution in [0, 0.1) is 6.92 Å². The van der Waals surface area contributed by atoms with Gasteiger partial charge in [-0.25, -0.2) is 0 Å². The maximum absolute atomic E-state index is 2.32. The Morgan fingerprint density at radius 2 is 2.00 bits per heavy atom. The molecule has 0 saturated carbocycles. The first kappa shape index (κ1) is 8.78. The molecule has 0 atom stereocenters. The van der Waals surface area contributed by atoms with Crippen LogP contribution >= 0.6 is 22.6 Å². The lowest BCUT2D eigenvalue weighted by atomic mass is 10.1. The van der Waals surface area contributed by atoms with E-state index in [0.717, 1.165) is 0 Å². The molecule has 1 rings (SSSR count). The third-order valence-corrected chi connectivity index (χ3v) is 1.85. The molecule has 1 aromatic rings. The molecule has 1 aromatic carbocycles. The largest absolute Gasteiger partial charge is 0.0620 e. The highest BCUT2D eigenvalue weighted by Crippen LogP contribution is 2.14. The minimum absolute atomic E-state index is 1.32. The van der Waals surface area contributed by atoms with Gasteiger partial charge in [-0.15, -0.1) is 0 Å². The van der Waals surface area contributed by atoms with Crippen LogP contribution in [-0.2, 0) is 0 Å². The first-order valence-corrected chi connectivity index (χ1v) is 4.67. The fraction of sp³-hybridized carbons (Fsp3) is 0.200. The van der Waals surface area contributed by atoms with E-state index in [1.165, 1.54) is 14.7 Å². The minimum atomic E-state index is 1.32. The molecule has 1 heteroatoms. The summed E-state index contributed by atoms with van der Waals surface area (Å²) in [6.07, 6.45) is 2.19. The van der Waals surface area contributed by atoms with Gasteiger partial charge < -0.3 is 0 Å².